The van der Waals surface area contributed by atoms with Crippen LogP contribution in [0.4, 0.5) is 0 Å². The quantitative estimate of drug-likeness (QED) is 0.545. The SMILES string of the molecule is C[N-]C.C[N-]C.[Ti+4].[c-]1ccc[nH]1.[c-]1ccc[nH]1. The molecule has 0 unspecified atom stereocenters. The predicted octanol–water partition coefficient (Wildman–Crippen LogP) is 2.87. The second-order valence-corrected chi connectivity index (χ2v) is 2.52. The molecule has 0 amide bonds. The Kier molecular flexibility index (Phi) is 30.9. The van der Waals surface area contributed by atoms with Crippen LogP contribution in [-0.4, -0.2) is 38.2 Å². The van der Waals surface area contributed by atoms with Gasteiger partial charge in [-0.05, 0) is 0 Å². The molecule has 0 aromatic carbocycles. The maximum absolute atomic E-state index is 3.50. The number of H-pyrrole nitrogens is 2. The average molecular weight is 268 g/mol. The third-order valence-corrected chi connectivity index (χ3v) is 0.885. The number of aromatic amines is 2. The van der Waals surface area contributed by atoms with Gasteiger partial charge in [0, 0.05) is 0 Å². The fraction of sp³-hybridized carbons (Fsp3) is 0.333. The van der Waals surface area contributed by atoms with E-state index in [1.807, 2.05) is 36.7 Å². The third-order valence-electron chi connectivity index (χ3n) is 0.885. The fourth-order valence-corrected chi connectivity index (χ4v) is 0.481. The van der Waals surface area contributed by atoms with E-state index in [1.165, 1.54) is 0 Å². The molecule has 5 heteroatoms. The van der Waals surface area contributed by atoms with Gasteiger partial charge in [-0.15, -0.1) is 12.4 Å². The fourth-order valence-electron chi connectivity index (χ4n) is 0.481. The van der Waals surface area contributed by atoms with Gasteiger partial charge in [-0.1, -0.05) is 0 Å². The zero-order valence-electron chi connectivity index (χ0n) is 10.9. The summed E-state index contributed by atoms with van der Waals surface area (Å²) in [6, 6.07) is 7.42. The summed E-state index contributed by atoms with van der Waals surface area (Å²) in [5.74, 6) is 0. The van der Waals surface area contributed by atoms with E-state index in [9.17, 15) is 0 Å². The van der Waals surface area contributed by atoms with Crippen molar-refractivity contribution in [3.63, 3.8) is 0 Å². The van der Waals surface area contributed by atoms with Crippen LogP contribution in [0, 0.1) is 12.4 Å². The maximum Gasteiger partial charge on any atom is 4.00 e. The van der Waals surface area contributed by atoms with Crippen molar-refractivity contribution in [1.82, 2.24) is 9.97 Å². The van der Waals surface area contributed by atoms with Gasteiger partial charge in [-0.25, -0.2) is 0 Å². The predicted molar refractivity (Wildman–Crippen MR) is 69.7 cm³/mol. The molecule has 0 saturated carbocycles. The summed E-state index contributed by atoms with van der Waals surface area (Å²) in [5.41, 5.74) is 0. The Bertz CT molecular complexity index is 181. The van der Waals surface area contributed by atoms with Gasteiger partial charge >= 0.3 is 21.7 Å². The average Bonchev–Trinajstić information content (AvgIpc) is 3.00. The van der Waals surface area contributed by atoms with Gasteiger partial charge in [-0.2, -0.15) is 64.8 Å². The number of nitrogens with one attached hydrogen (secondary N) is 2. The van der Waals surface area contributed by atoms with Crippen LogP contribution in [-0.2, 0) is 21.7 Å². The molecule has 0 fully saturated rings. The molecule has 0 radical (unpaired) electrons. The van der Waals surface area contributed by atoms with Gasteiger partial charge in [0.15, 0.2) is 0 Å². The van der Waals surface area contributed by atoms with Crippen LogP contribution in [0.15, 0.2) is 36.7 Å². The molecule has 92 valence electrons. The topological polar surface area (TPSA) is 59.8 Å². The van der Waals surface area contributed by atoms with Crippen LogP contribution in [0.2, 0.25) is 0 Å². The maximum atomic E-state index is 3.50. The molecule has 0 aliphatic heterocycles. The minimum Gasteiger partial charge on any atom is -0.668 e. The summed E-state index contributed by atoms with van der Waals surface area (Å²) >= 11 is 0. The molecule has 2 aromatic rings. The van der Waals surface area contributed by atoms with Crippen LogP contribution in [0.5, 0.6) is 0 Å². The van der Waals surface area contributed by atoms with E-state index in [0.717, 1.165) is 0 Å². The number of hydrogen-bond donors (Lipinski definition) is 2. The smallest absolute Gasteiger partial charge is 0.668 e. The minimum atomic E-state index is 0. The molecule has 2 N–H and O–H groups in total. The van der Waals surface area contributed by atoms with Gasteiger partial charge in [0.25, 0.3) is 0 Å². The molecular weight excluding hydrogens is 248 g/mol. The first kappa shape index (κ1) is 21.5. The zero-order chi connectivity index (χ0) is 12.5. The standard InChI is InChI=1S/2C4H4N.2C2H6N.Ti/c2*1-2-4-5-3-1;2*1-3-2;/h2*1-3,5H;2*1-2H3;/q4*-1;+4. The van der Waals surface area contributed by atoms with Crippen molar-refractivity contribution in [3.05, 3.63) is 59.7 Å². The summed E-state index contributed by atoms with van der Waals surface area (Å²) in [6.07, 6.45) is 9.11. The van der Waals surface area contributed by atoms with Gasteiger partial charge in [-0.3, -0.25) is 0 Å². The molecule has 0 aliphatic rings. The molecule has 2 aromatic heterocycles. The van der Waals surface area contributed by atoms with Gasteiger partial charge in [0.1, 0.15) is 0 Å². The Hall–Kier alpha value is -0.806. The molecule has 0 aliphatic carbocycles. The van der Waals surface area contributed by atoms with Gasteiger partial charge < -0.3 is 20.6 Å². The van der Waals surface area contributed by atoms with Crippen LogP contribution in [0.3, 0.4) is 0 Å². The van der Waals surface area contributed by atoms with E-state index in [-0.39, 0.29) is 21.7 Å². The Morgan fingerprint density at radius 3 is 1.12 bits per heavy atom. The van der Waals surface area contributed by atoms with E-state index < -0.39 is 0 Å². The molecule has 0 atom stereocenters. The van der Waals surface area contributed by atoms with Crippen molar-refractivity contribution < 1.29 is 21.7 Å². The summed E-state index contributed by atoms with van der Waals surface area (Å²) < 4.78 is 0. The van der Waals surface area contributed by atoms with E-state index in [4.69, 9.17) is 0 Å². The second-order valence-electron chi connectivity index (χ2n) is 2.52. The molecule has 2 rings (SSSR count). The van der Waals surface area contributed by atoms with E-state index in [2.05, 4.69) is 33.0 Å². The summed E-state index contributed by atoms with van der Waals surface area (Å²) in [7, 11) is 7.00. The van der Waals surface area contributed by atoms with Crippen molar-refractivity contribution in [2.45, 2.75) is 0 Å². The number of aromatic nitrogens is 2. The van der Waals surface area contributed by atoms with Gasteiger partial charge in [0.2, 0.25) is 0 Å². The molecule has 4 nitrogen and oxygen atoms in total. The van der Waals surface area contributed by atoms with Crippen molar-refractivity contribution in [2.75, 3.05) is 28.2 Å². The van der Waals surface area contributed by atoms with E-state index in [0.29, 0.717) is 0 Å². The van der Waals surface area contributed by atoms with Crippen molar-refractivity contribution in [1.29, 1.82) is 0 Å². The summed E-state index contributed by atoms with van der Waals surface area (Å²) in [4.78, 5) is 5.47. The molecule has 0 spiro atoms. The third kappa shape index (κ3) is 31.3. The van der Waals surface area contributed by atoms with Crippen molar-refractivity contribution in [2.24, 2.45) is 0 Å². The first-order valence-corrected chi connectivity index (χ1v) is 4.78. The second kappa shape index (κ2) is 24.4. The molecule has 0 bridgehead atoms. The summed E-state index contributed by atoms with van der Waals surface area (Å²) in [6.45, 7) is 0. The monoisotopic (exact) mass is 268 g/mol. The van der Waals surface area contributed by atoms with Crippen LogP contribution in [0.25, 0.3) is 10.6 Å². The van der Waals surface area contributed by atoms with Gasteiger partial charge in [0.05, 0.1) is 0 Å². The molecule has 17 heavy (non-hydrogen) atoms. The summed E-state index contributed by atoms with van der Waals surface area (Å²) in [5, 5.41) is 7.00. The zero-order valence-corrected chi connectivity index (χ0v) is 12.4. The number of hydrogen-bond acceptors (Lipinski definition) is 0. The van der Waals surface area contributed by atoms with Crippen LogP contribution in [0.1, 0.15) is 0 Å². The number of rotatable bonds is 0. The van der Waals surface area contributed by atoms with Crippen molar-refractivity contribution >= 4 is 0 Å². The molecule has 0 saturated heterocycles. The number of nitrogens with zero attached hydrogens (tertiary/aromatic N) is 2. The van der Waals surface area contributed by atoms with E-state index >= 15 is 0 Å². The van der Waals surface area contributed by atoms with Crippen molar-refractivity contribution in [3.8, 4) is 0 Å². The Morgan fingerprint density at radius 2 is 1.06 bits per heavy atom. The first-order chi connectivity index (χ1) is 7.83. The van der Waals surface area contributed by atoms with Crippen LogP contribution >= 0.6 is 0 Å². The molecular formula is C12H20N4Ti. The van der Waals surface area contributed by atoms with Crippen LogP contribution < -0.4 is 0 Å². The minimum absolute atomic E-state index is 0. The molecule has 2 heterocycles. The first-order valence-electron chi connectivity index (χ1n) is 4.78. The Balaban J connectivity index is -0.000000157. The van der Waals surface area contributed by atoms with E-state index in [1.54, 1.807) is 28.2 Å². The Morgan fingerprint density at radius 1 is 0.765 bits per heavy atom. The normalized spacial score (nSPS) is 6.82. The largest absolute Gasteiger partial charge is 4.00 e. The Labute approximate surface area is 119 Å².